The second-order valence-corrected chi connectivity index (χ2v) is 6.75. The maximum Gasteiger partial charge on any atom is 0.248 e. The van der Waals surface area contributed by atoms with E-state index in [-0.39, 0.29) is 10.7 Å². The highest BCUT2D eigenvalue weighted by atomic mass is 32.2. The van der Waals surface area contributed by atoms with E-state index in [0.717, 1.165) is 19.5 Å². The van der Waals surface area contributed by atoms with Crippen molar-refractivity contribution in [3.05, 3.63) is 6.20 Å². The van der Waals surface area contributed by atoms with Crippen LogP contribution < -0.4 is 5.73 Å². The Morgan fingerprint density at radius 3 is 2.53 bits per heavy atom. The molecular formula is C11H21N5O2S. The molecule has 1 aliphatic heterocycles. The lowest BCUT2D eigenvalue weighted by molar-refractivity contribution is 0.142. The molecule has 0 radical (unpaired) electrons. The molecule has 1 saturated heterocycles. The monoisotopic (exact) mass is 287 g/mol. The van der Waals surface area contributed by atoms with Crippen molar-refractivity contribution < 1.29 is 8.42 Å². The van der Waals surface area contributed by atoms with Gasteiger partial charge >= 0.3 is 0 Å². The fraction of sp³-hybridized carbons (Fsp3) is 0.727. The smallest absolute Gasteiger partial charge is 0.248 e. The molecule has 1 aromatic heterocycles. The highest BCUT2D eigenvalue weighted by Gasteiger charge is 2.31. The third-order valence-corrected chi connectivity index (χ3v) is 5.66. The molecule has 0 saturated carbocycles. The van der Waals surface area contributed by atoms with Crippen LogP contribution in [0, 0.1) is 0 Å². The third kappa shape index (κ3) is 2.75. The maximum atomic E-state index is 12.4. The van der Waals surface area contributed by atoms with E-state index in [4.69, 9.17) is 5.73 Å². The first-order valence-electron chi connectivity index (χ1n) is 6.50. The average molecular weight is 287 g/mol. The van der Waals surface area contributed by atoms with Crippen LogP contribution in [0.25, 0.3) is 0 Å². The van der Waals surface area contributed by atoms with Gasteiger partial charge in [0.25, 0.3) is 0 Å². The van der Waals surface area contributed by atoms with E-state index >= 15 is 0 Å². The van der Waals surface area contributed by atoms with Crippen LogP contribution in [0.5, 0.6) is 0 Å². The molecule has 7 nitrogen and oxygen atoms in total. The van der Waals surface area contributed by atoms with Crippen LogP contribution in [0.2, 0.25) is 0 Å². The standard InChI is InChI=1S/C11H21N5O2S/c1-3-9(2)15-4-6-16(7-5-15)19(17,18)10-8-13-14-11(10)12/h8-9H,3-7H2,1-2H3,(H3,12,13,14). The van der Waals surface area contributed by atoms with Gasteiger partial charge in [0.2, 0.25) is 10.0 Å². The highest BCUT2D eigenvalue weighted by molar-refractivity contribution is 7.89. The second kappa shape index (κ2) is 5.48. The second-order valence-electron chi connectivity index (χ2n) is 4.85. The number of hydrogen-bond donors (Lipinski definition) is 2. The fourth-order valence-electron chi connectivity index (χ4n) is 2.27. The van der Waals surface area contributed by atoms with Crippen LogP contribution in [-0.2, 0) is 10.0 Å². The Labute approximate surface area is 113 Å². The summed E-state index contributed by atoms with van der Waals surface area (Å²) in [6, 6.07) is 0.490. The zero-order chi connectivity index (χ0) is 14.0. The van der Waals surface area contributed by atoms with Crippen LogP contribution in [0.4, 0.5) is 5.82 Å². The van der Waals surface area contributed by atoms with Gasteiger partial charge in [-0.15, -0.1) is 0 Å². The zero-order valence-electron chi connectivity index (χ0n) is 11.3. The summed E-state index contributed by atoms with van der Waals surface area (Å²) in [5.41, 5.74) is 5.60. The van der Waals surface area contributed by atoms with E-state index in [2.05, 4.69) is 28.9 Å². The number of nitrogens with zero attached hydrogens (tertiary/aromatic N) is 3. The van der Waals surface area contributed by atoms with Gasteiger partial charge in [-0.25, -0.2) is 8.42 Å². The van der Waals surface area contributed by atoms with Crippen molar-refractivity contribution in [2.45, 2.75) is 31.2 Å². The van der Waals surface area contributed by atoms with E-state index in [1.54, 1.807) is 0 Å². The van der Waals surface area contributed by atoms with Crippen molar-refractivity contribution in [2.75, 3.05) is 31.9 Å². The quantitative estimate of drug-likeness (QED) is 0.818. The molecule has 0 bridgehead atoms. The molecular weight excluding hydrogens is 266 g/mol. The predicted molar refractivity (Wildman–Crippen MR) is 73.1 cm³/mol. The number of aromatic nitrogens is 2. The first kappa shape index (κ1) is 14.3. The van der Waals surface area contributed by atoms with Crippen LogP contribution in [-0.4, -0.2) is 60.0 Å². The summed E-state index contributed by atoms with van der Waals surface area (Å²) in [6.45, 7) is 6.81. The fourth-order valence-corrected chi connectivity index (χ4v) is 3.70. The molecule has 2 heterocycles. The summed E-state index contributed by atoms with van der Waals surface area (Å²) < 4.78 is 26.2. The number of sulfonamides is 1. The Balaban J connectivity index is 2.08. The summed E-state index contributed by atoms with van der Waals surface area (Å²) in [5.74, 6) is 0.101. The lowest BCUT2D eigenvalue weighted by Gasteiger charge is -2.36. The molecule has 0 aliphatic carbocycles. The topological polar surface area (TPSA) is 95.3 Å². The Hall–Kier alpha value is -1.12. The van der Waals surface area contributed by atoms with Crippen molar-refractivity contribution in [3.8, 4) is 0 Å². The minimum absolute atomic E-state index is 0.0736. The SMILES string of the molecule is CCC(C)N1CCN(S(=O)(=O)c2cn[nH]c2N)CC1. The number of piperazine rings is 1. The van der Waals surface area contributed by atoms with Gasteiger partial charge < -0.3 is 5.73 Å². The van der Waals surface area contributed by atoms with E-state index in [1.165, 1.54) is 10.5 Å². The molecule has 0 spiro atoms. The van der Waals surface area contributed by atoms with E-state index < -0.39 is 10.0 Å². The number of anilines is 1. The number of rotatable bonds is 4. The van der Waals surface area contributed by atoms with Gasteiger partial charge in [-0.1, -0.05) is 6.92 Å². The van der Waals surface area contributed by atoms with Gasteiger partial charge in [0.05, 0.1) is 6.20 Å². The molecule has 2 rings (SSSR count). The molecule has 0 amide bonds. The van der Waals surface area contributed by atoms with Gasteiger partial charge in [0.1, 0.15) is 10.7 Å². The molecule has 19 heavy (non-hydrogen) atoms. The minimum atomic E-state index is -3.52. The summed E-state index contributed by atoms with van der Waals surface area (Å²) in [6.07, 6.45) is 2.34. The zero-order valence-corrected chi connectivity index (χ0v) is 12.2. The Kier molecular flexibility index (Phi) is 4.12. The summed E-state index contributed by atoms with van der Waals surface area (Å²) in [4.78, 5) is 2.38. The Bertz CT molecular complexity index is 519. The highest BCUT2D eigenvalue weighted by Crippen LogP contribution is 2.21. The lowest BCUT2D eigenvalue weighted by atomic mass is 10.2. The number of nitrogens with one attached hydrogen (secondary N) is 1. The maximum absolute atomic E-state index is 12.4. The Morgan fingerprint density at radius 2 is 2.05 bits per heavy atom. The molecule has 1 fully saturated rings. The normalized spacial score (nSPS) is 20.5. The predicted octanol–water partition coefficient (Wildman–Crippen LogP) is 0.0967. The molecule has 8 heteroatoms. The third-order valence-electron chi connectivity index (χ3n) is 3.74. The van der Waals surface area contributed by atoms with Gasteiger partial charge in [0.15, 0.2) is 0 Å². The van der Waals surface area contributed by atoms with Gasteiger partial charge in [0, 0.05) is 32.2 Å². The number of hydrogen-bond acceptors (Lipinski definition) is 5. The summed E-state index contributed by atoms with van der Waals surface area (Å²) in [5, 5.41) is 6.13. The van der Waals surface area contributed by atoms with Gasteiger partial charge in [-0.05, 0) is 13.3 Å². The largest absolute Gasteiger partial charge is 0.383 e. The first-order valence-corrected chi connectivity index (χ1v) is 7.94. The molecule has 1 aliphatic rings. The van der Waals surface area contributed by atoms with Crippen molar-refractivity contribution in [2.24, 2.45) is 0 Å². The Morgan fingerprint density at radius 1 is 1.42 bits per heavy atom. The van der Waals surface area contributed by atoms with Crippen molar-refractivity contribution in [1.82, 2.24) is 19.4 Å². The van der Waals surface area contributed by atoms with Crippen LogP contribution in [0.1, 0.15) is 20.3 Å². The summed E-state index contributed by atoms with van der Waals surface area (Å²) >= 11 is 0. The van der Waals surface area contributed by atoms with E-state index in [1.807, 2.05) is 0 Å². The van der Waals surface area contributed by atoms with Crippen LogP contribution in [0.15, 0.2) is 11.1 Å². The molecule has 3 N–H and O–H groups in total. The number of aromatic amines is 1. The molecule has 1 unspecified atom stereocenters. The summed E-state index contributed by atoms with van der Waals surface area (Å²) in [7, 11) is -3.52. The van der Waals surface area contributed by atoms with E-state index in [0.29, 0.717) is 19.1 Å². The molecule has 0 aromatic carbocycles. The van der Waals surface area contributed by atoms with Crippen molar-refractivity contribution >= 4 is 15.8 Å². The van der Waals surface area contributed by atoms with Crippen molar-refractivity contribution in [1.29, 1.82) is 0 Å². The van der Waals surface area contributed by atoms with Crippen LogP contribution >= 0.6 is 0 Å². The molecule has 108 valence electrons. The van der Waals surface area contributed by atoms with Crippen LogP contribution in [0.3, 0.4) is 0 Å². The number of nitrogens with two attached hydrogens (primary N) is 1. The molecule has 1 aromatic rings. The van der Waals surface area contributed by atoms with E-state index in [9.17, 15) is 8.42 Å². The lowest BCUT2D eigenvalue weighted by Crippen LogP contribution is -2.51. The van der Waals surface area contributed by atoms with Gasteiger partial charge in [-0.3, -0.25) is 10.00 Å². The number of H-pyrrole nitrogens is 1. The van der Waals surface area contributed by atoms with Crippen molar-refractivity contribution in [3.63, 3.8) is 0 Å². The number of nitrogen functional groups attached to an aromatic ring is 1. The minimum Gasteiger partial charge on any atom is -0.383 e. The first-order chi connectivity index (χ1) is 8.96. The average Bonchev–Trinajstić information content (AvgIpc) is 2.85. The molecule has 1 atom stereocenters. The van der Waals surface area contributed by atoms with Gasteiger partial charge in [-0.2, -0.15) is 9.40 Å².